The number of hydrogen-bond donors (Lipinski definition) is 1. The molecular weight excluding hydrogens is 499 g/mol. The van der Waals surface area contributed by atoms with E-state index in [0.717, 1.165) is 40.6 Å². The number of aromatic nitrogens is 1. The number of hydrogen-bond acceptors (Lipinski definition) is 5. The van der Waals surface area contributed by atoms with E-state index in [9.17, 15) is 14.0 Å². The Bertz CT molecular complexity index is 1490. The van der Waals surface area contributed by atoms with Crippen molar-refractivity contribution in [1.82, 2.24) is 14.8 Å². The number of nitrogens with zero attached hydrogens (tertiary/aromatic N) is 3. The van der Waals surface area contributed by atoms with Crippen LogP contribution in [0, 0.1) is 5.82 Å². The SMILES string of the molecule is O=C(Nc1nc2c(s1)CCCC2C(=O)N1CCN(Cc2ccccc2F)CC1)c1ccc2ccccc2c1. The number of anilines is 1. The largest absolute Gasteiger partial charge is 0.340 e. The van der Waals surface area contributed by atoms with Crippen LogP contribution in [0.1, 0.15) is 45.3 Å². The molecule has 0 spiro atoms. The number of amides is 2. The molecule has 1 aliphatic carbocycles. The van der Waals surface area contributed by atoms with E-state index >= 15 is 0 Å². The van der Waals surface area contributed by atoms with Gasteiger partial charge in [-0.2, -0.15) is 0 Å². The maximum Gasteiger partial charge on any atom is 0.257 e. The van der Waals surface area contributed by atoms with Gasteiger partial charge in [-0.05, 0) is 48.2 Å². The van der Waals surface area contributed by atoms with Crippen molar-refractivity contribution in [2.24, 2.45) is 0 Å². The summed E-state index contributed by atoms with van der Waals surface area (Å²) in [5.41, 5.74) is 2.08. The second kappa shape index (κ2) is 10.6. The predicted octanol–water partition coefficient (Wildman–Crippen LogP) is 5.45. The Labute approximate surface area is 225 Å². The molecule has 6 rings (SSSR count). The van der Waals surface area contributed by atoms with E-state index < -0.39 is 0 Å². The first-order chi connectivity index (χ1) is 18.5. The molecule has 0 radical (unpaired) electrons. The van der Waals surface area contributed by atoms with E-state index in [1.807, 2.05) is 59.5 Å². The van der Waals surface area contributed by atoms with Crippen LogP contribution in [0.15, 0.2) is 66.7 Å². The summed E-state index contributed by atoms with van der Waals surface area (Å²) in [6, 6.07) is 20.5. The third-order valence-electron chi connectivity index (χ3n) is 7.52. The van der Waals surface area contributed by atoms with Gasteiger partial charge in [0.25, 0.3) is 5.91 Å². The number of carbonyl (C=O) groups is 2. The molecule has 1 fully saturated rings. The van der Waals surface area contributed by atoms with E-state index in [2.05, 4.69) is 10.2 Å². The Morgan fingerprint density at radius 2 is 1.74 bits per heavy atom. The van der Waals surface area contributed by atoms with Crippen molar-refractivity contribution < 1.29 is 14.0 Å². The summed E-state index contributed by atoms with van der Waals surface area (Å²) in [6.07, 6.45) is 2.57. The first kappa shape index (κ1) is 24.7. The Morgan fingerprint density at radius 3 is 2.55 bits per heavy atom. The molecule has 1 aromatic heterocycles. The molecule has 38 heavy (non-hydrogen) atoms. The number of carbonyl (C=O) groups excluding carboxylic acids is 2. The molecule has 6 nitrogen and oxygen atoms in total. The molecule has 4 aromatic rings. The van der Waals surface area contributed by atoms with Gasteiger partial charge in [-0.1, -0.05) is 48.5 Å². The van der Waals surface area contributed by atoms with Crippen LogP contribution in [0.2, 0.25) is 0 Å². The van der Waals surface area contributed by atoms with Gasteiger partial charge in [0.2, 0.25) is 5.91 Å². The van der Waals surface area contributed by atoms with Gasteiger partial charge in [0.1, 0.15) is 5.82 Å². The first-order valence-electron chi connectivity index (χ1n) is 13.1. The van der Waals surface area contributed by atoms with Crippen LogP contribution in [0.25, 0.3) is 10.8 Å². The highest BCUT2D eigenvalue weighted by Crippen LogP contribution is 2.38. The molecule has 3 aromatic carbocycles. The van der Waals surface area contributed by atoms with Crippen molar-refractivity contribution in [1.29, 1.82) is 0 Å². The molecule has 194 valence electrons. The first-order valence-corrected chi connectivity index (χ1v) is 13.9. The molecular formula is C30H29FN4O2S. The van der Waals surface area contributed by atoms with Gasteiger partial charge in [0.15, 0.2) is 5.13 Å². The van der Waals surface area contributed by atoms with E-state index in [-0.39, 0.29) is 23.5 Å². The van der Waals surface area contributed by atoms with Gasteiger partial charge in [-0.15, -0.1) is 11.3 Å². The minimum absolute atomic E-state index is 0.106. The number of piperazine rings is 1. The summed E-state index contributed by atoms with van der Waals surface area (Å²) in [4.78, 5) is 36.4. The molecule has 0 saturated carbocycles. The van der Waals surface area contributed by atoms with Crippen molar-refractivity contribution in [3.8, 4) is 0 Å². The third kappa shape index (κ3) is 5.06. The van der Waals surface area contributed by atoms with Gasteiger partial charge in [0, 0.05) is 48.7 Å². The number of benzene rings is 3. The van der Waals surface area contributed by atoms with Gasteiger partial charge < -0.3 is 4.90 Å². The lowest BCUT2D eigenvalue weighted by atomic mass is 9.89. The standard InChI is InChI=1S/C30H29FN4O2S/c31-25-10-4-3-8-23(25)19-34-14-16-35(17-15-34)29(37)24-9-5-11-26-27(24)32-30(38-26)33-28(36)22-13-12-20-6-1-2-7-21(20)18-22/h1-4,6-8,10,12-13,18,24H,5,9,11,14-17,19H2,(H,32,33,36). The molecule has 1 unspecified atom stereocenters. The Morgan fingerprint density at radius 1 is 0.974 bits per heavy atom. The van der Waals surface area contributed by atoms with Crippen LogP contribution in [-0.4, -0.2) is 52.8 Å². The van der Waals surface area contributed by atoms with Crippen molar-refractivity contribution in [2.45, 2.75) is 31.7 Å². The molecule has 8 heteroatoms. The Kier molecular flexibility index (Phi) is 6.91. The lowest BCUT2D eigenvalue weighted by molar-refractivity contribution is -0.135. The number of aryl methyl sites for hydroxylation is 1. The Balaban J connectivity index is 1.11. The zero-order valence-electron chi connectivity index (χ0n) is 21.0. The Hall–Kier alpha value is -3.62. The summed E-state index contributed by atoms with van der Waals surface area (Å²) < 4.78 is 14.0. The normalized spacial score (nSPS) is 17.8. The summed E-state index contributed by atoms with van der Waals surface area (Å²) in [5.74, 6) is -0.558. The van der Waals surface area contributed by atoms with Crippen molar-refractivity contribution >= 4 is 39.1 Å². The summed E-state index contributed by atoms with van der Waals surface area (Å²) in [7, 11) is 0. The van der Waals surface area contributed by atoms with E-state index in [1.165, 1.54) is 17.4 Å². The maximum absolute atomic E-state index is 14.0. The number of rotatable bonds is 5. The highest BCUT2D eigenvalue weighted by Gasteiger charge is 2.34. The topological polar surface area (TPSA) is 65.5 Å². The molecule has 1 aliphatic heterocycles. The summed E-state index contributed by atoms with van der Waals surface area (Å²) in [5, 5.41) is 5.60. The number of fused-ring (bicyclic) bond motifs is 2. The monoisotopic (exact) mass is 528 g/mol. The average molecular weight is 529 g/mol. The van der Waals surface area contributed by atoms with E-state index in [0.29, 0.717) is 49.0 Å². The smallest absolute Gasteiger partial charge is 0.257 e. The van der Waals surface area contributed by atoms with Gasteiger partial charge in [0.05, 0.1) is 11.6 Å². The molecule has 1 saturated heterocycles. The quantitative estimate of drug-likeness (QED) is 0.374. The van der Waals surface area contributed by atoms with Crippen LogP contribution in [-0.2, 0) is 17.8 Å². The van der Waals surface area contributed by atoms with Crippen LogP contribution < -0.4 is 5.32 Å². The van der Waals surface area contributed by atoms with Crippen molar-refractivity contribution in [3.63, 3.8) is 0 Å². The highest BCUT2D eigenvalue weighted by molar-refractivity contribution is 7.16. The van der Waals surface area contributed by atoms with Crippen LogP contribution in [0.5, 0.6) is 0 Å². The van der Waals surface area contributed by atoms with Crippen LogP contribution >= 0.6 is 11.3 Å². The third-order valence-corrected chi connectivity index (χ3v) is 8.57. The fourth-order valence-corrected chi connectivity index (χ4v) is 6.49. The second-order valence-corrected chi connectivity index (χ2v) is 11.1. The van der Waals surface area contributed by atoms with Crippen LogP contribution in [0.4, 0.5) is 9.52 Å². The average Bonchev–Trinajstić information content (AvgIpc) is 3.36. The molecule has 2 heterocycles. The number of nitrogens with one attached hydrogen (secondary N) is 1. The summed E-state index contributed by atoms with van der Waals surface area (Å²) in [6.45, 7) is 3.21. The van der Waals surface area contributed by atoms with Crippen molar-refractivity contribution in [3.05, 3.63) is 94.2 Å². The zero-order chi connectivity index (χ0) is 26.1. The molecule has 0 bridgehead atoms. The van der Waals surface area contributed by atoms with Gasteiger partial charge >= 0.3 is 0 Å². The number of halogens is 1. The molecule has 2 amide bonds. The summed E-state index contributed by atoms with van der Waals surface area (Å²) >= 11 is 1.48. The van der Waals surface area contributed by atoms with Gasteiger partial charge in [-0.3, -0.25) is 19.8 Å². The maximum atomic E-state index is 14.0. The highest BCUT2D eigenvalue weighted by atomic mass is 32.1. The zero-order valence-corrected chi connectivity index (χ0v) is 21.8. The van der Waals surface area contributed by atoms with E-state index in [4.69, 9.17) is 4.98 Å². The fraction of sp³-hybridized carbons (Fsp3) is 0.300. The fourth-order valence-electron chi connectivity index (χ4n) is 5.43. The lowest BCUT2D eigenvalue weighted by Crippen LogP contribution is -2.50. The lowest BCUT2D eigenvalue weighted by Gasteiger charge is -2.37. The second-order valence-electron chi connectivity index (χ2n) is 9.98. The van der Waals surface area contributed by atoms with E-state index in [1.54, 1.807) is 6.07 Å². The van der Waals surface area contributed by atoms with Crippen LogP contribution in [0.3, 0.4) is 0 Å². The van der Waals surface area contributed by atoms with Gasteiger partial charge in [-0.25, -0.2) is 9.37 Å². The molecule has 1 N–H and O–H groups in total. The molecule has 1 atom stereocenters. The number of thiazole rings is 1. The minimum Gasteiger partial charge on any atom is -0.340 e. The van der Waals surface area contributed by atoms with Crippen molar-refractivity contribution in [2.75, 3.05) is 31.5 Å². The predicted molar refractivity (Wildman–Crippen MR) is 148 cm³/mol. The minimum atomic E-state index is -0.278. The molecule has 2 aliphatic rings.